The molecule has 3 aromatic carbocycles. The molecular weight excluding hydrogens is 420 g/mol. The van der Waals surface area contributed by atoms with Crippen molar-refractivity contribution < 1.29 is 14.3 Å². The second-order valence-electron chi connectivity index (χ2n) is 8.40. The molecule has 0 aliphatic heterocycles. The maximum absolute atomic E-state index is 12.9. The highest BCUT2D eigenvalue weighted by Gasteiger charge is 2.17. The highest BCUT2D eigenvalue weighted by atomic mass is 32.2. The lowest BCUT2D eigenvalue weighted by atomic mass is 9.87. The van der Waals surface area contributed by atoms with Crippen LogP contribution in [0.1, 0.15) is 36.7 Å². The standard InChI is InChI=1S/C26H30N2O3S/c1-26(2,3)19-13-16-23(30-5)21(17-19)27-25(29)18-11-14-20(15-12-18)32-28(4)22-9-7-8-10-24(22)31-6/h7-17H,1-6H3,(H,27,29). The molecule has 0 heterocycles. The Kier molecular flexibility index (Phi) is 7.36. The molecule has 3 aromatic rings. The third-order valence-electron chi connectivity index (χ3n) is 5.10. The summed E-state index contributed by atoms with van der Waals surface area (Å²) >= 11 is 1.56. The van der Waals surface area contributed by atoms with E-state index in [1.54, 1.807) is 26.2 Å². The fourth-order valence-electron chi connectivity index (χ4n) is 3.23. The van der Waals surface area contributed by atoms with Gasteiger partial charge in [0.1, 0.15) is 11.5 Å². The van der Waals surface area contributed by atoms with Crippen molar-refractivity contribution in [3.63, 3.8) is 0 Å². The van der Waals surface area contributed by atoms with Crippen molar-refractivity contribution in [1.82, 2.24) is 0 Å². The van der Waals surface area contributed by atoms with Crippen molar-refractivity contribution in [2.24, 2.45) is 0 Å². The number of anilines is 2. The van der Waals surface area contributed by atoms with Gasteiger partial charge in [0, 0.05) is 17.5 Å². The van der Waals surface area contributed by atoms with E-state index in [0.717, 1.165) is 21.9 Å². The van der Waals surface area contributed by atoms with E-state index in [-0.39, 0.29) is 11.3 Å². The fourth-order valence-corrected chi connectivity index (χ4v) is 4.05. The maximum Gasteiger partial charge on any atom is 0.255 e. The molecule has 0 aromatic heterocycles. The minimum atomic E-state index is -0.177. The molecule has 0 atom stereocenters. The van der Waals surface area contributed by atoms with Gasteiger partial charge in [0.05, 0.1) is 25.6 Å². The highest BCUT2D eigenvalue weighted by molar-refractivity contribution is 8.00. The molecule has 0 saturated heterocycles. The molecule has 0 radical (unpaired) electrons. The van der Waals surface area contributed by atoms with E-state index in [1.807, 2.05) is 78.1 Å². The predicted octanol–water partition coefficient (Wildman–Crippen LogP) is 6.40. The highest BCUT2D eigenvalue weighted by Crippen LogP contribution is 2.34. The molecule has 6 heteroatoms. The minimum absolute atomic E-state index is 0.0297. The summed E-state index contributed by atoms with van der Waals surface area (Å²) in [5.74, 6) is 1.27. The quantitative estimate of drug-likeness (QED) is 0.422. The third kappa shape index (κ3) is 5.56. The number of amides is 1. The first-order chi connectivity index (χ1) is 15.2. The summed E-state index contributed by atoms with van der Waals surface area (Å²) in [6, 6.07) is 21.3. The minimum Gasteiger partial charge on any atom is -0.495 e. The Bertz CT molecular complexity index is 1080. The summed E-state index contributed by atoms with van der Waals surface area (Å²) < 4.78 is 12.9. The number of benzene rings is 3. The molecule has 168 valence electrons. The van der Waals surface area contributed by atoms with Gasteiger partial charge >= 0.3 is 0 Å². The van der Waals surface area contributed by atoms with Crippen LogP contribution in [0, 0.1) is 0 Å². The number of carbonyl (C=O) groups is 1. The molecule has 0 fully saturated rings. The largest absolute Gasteiger partial charge is 0.495 e. The molecular formula is C26H30N2O3S. The molecule has 3 rings (SSSR count). The van der Waals surface area contributed by atoms with Crippen LogP contribution in [0.4, 0.5) is 11.4 Å². The van der Waals surface area contributed by atoms with Gasteiger partial charge in [-0.3, -0.25) is 4.79 Å². The zero-order valence-corrected chi connectivity index (χ0v) is 20.2. The van der Waals surface area contributed by atoms with E-state index < -0.39 is 0 Å². The van der Waals surface area contributed by atoms with Crippen molar-refractivity contribution in [2.75, 3.05) is 30.9 Å². The van der Waals surface area contributed by atoms with Crippen molar-refractivity contribution in [3.05, 3.63) is 77.9 Å². The van der Waals surface area contributed by atoms with Crippen LogP contribution in [0.2, 0.25) is 0 Å². The lowest BCUT2D eigenvalue weighted by Gasteiger charge is -2.21. The molecule has 1 amide bonds. The Morgan fingerprint density at radius 1 is 0.906 bits per heavy atom. The number of hydrogen-bond acceptors (Lipinski definition) is 5. The monoisotopic (exact) mass is 450 g/mol. The van der Waals surface area contributed by atoms with Crippen molar-refractivity contribution in [1.29, 1.82) is 0 Å². The normalized spacial score (nSPS) is 11.1. The van der Waals surface area contributed by atoms with Gasteiger partial charge in [-0.05, 0) is 71.5 Å². The number of para-hydroxylation sites is 2. The van der Waals surface area contributed by atoms with Crippen LogP contribution < -0.4 is 19.1 Å². The zero-order valence-electron chi connectivity index (χ0n) is 19.4. The number of carbonyl (C=O) groups excluding carboxylic acids is 1. The summed E-state index contributed by atoms with van der Waals surface area (Å²) in [7, 11) is 5.25. The first-order valence-corrected chi connectivity index (χ1v) is 11.1. The second kappa shape index (κ2) is 10.0. The summed E-state index contributed by atoms with van der Waals surface area (Å²) in [6.07, 6.45) is 0. The van der Waals surface area contributed by atoms with Crippen LogP contribution in [0.5, 0.6) is 11.5 Å². The van der Waals surface area contributed by atoms with Crippen LogP contribution in [-0.2, 0) is 5.41 Å². The molecule has 5 nitrogen and oxygen atoms in total. The number of nitrogens with one attached hydrogen (secondary N) is 1. The topological polar surface area (TPSA) is 50.8 Å². The van der Waals surface area contributed by atoms with Gasteiger partial charge in [0.25, 0.3) is 5.91 Å². The van der Waals surface area contributed by atoms with Gasteiger partial charge in [-0.15, -0.1) is 0 Å². The van der Waals surface area contributed by atoms with Crippen molar-refractivity contribution in [3.8, 4) is 11.5 Å². The van der Waals surface area contributed by atoms with E-state index in [4.69, 9.17) is 9.47 Å². The Labute approximate surface area is 194 Å². The summed E-state index contributed by atoms with van der Waals surface area (Å²) in [4.78, 5) is 13.9. The van der Waals surface area contributed by atoms with Gasteiger partial charge in [-0.1, -0.05) is 39.0 Å². The van der Waals surface area contributed by atoms with Crippen molar-refractivity contribution >= 4 is 29.2 Å². The number of ether oxygens (including phenoxy) is 2. The van der Waals surface area contributed by atoms with Gasteiger partial charge in [-0.2, -0.15) is 0 Å². The number of rotatable bonds is 7. The summed E-state index contributed by atoms with van der Waals surface area (Å²) in [6.45, 7) is 6.41. The molecule has 0 spiro atoms. The second-order valence-corrected chi connectivity index (χ2v) is 9.61. The maximum atomic E-state index is 12.9. The number of nitrogens with zero attached hydrogens (tertiary/aromatic N) is 1. The van der Waals surface area contributed by atoms with Crippen LogP contribution >= 0.6 is 11.9 Å². The number of methoxy groups -OCH3 is 2. The molecule has 0 saturated carbocycles. The first-order valence-electron chi connectivity index (χ1n) is 10.4. The Morgan fingerprint density at radius 3 is 2.19 bits per heavy atom. The Morgan fingerprint density at radius 2 is 1.56 bits per heavy atom. The molecule has 0 unspecified atom stereocenters. The van der Waals surface area contributed by atoms with Gasteiger partial charge in [-0.25, -0.2) is 0 Å². The van der Waals surface area contributed by atoms with Crippen molar-refractivity contribution in [2.45, 2.75) is 31.1 Å². The van der Waals surface area contributed by atoms with E-state index in [2.05, 4.69) is 26.1 Å². The third-order valence-corrected chi connectivity index (χ3v) is 6.05. The Balaban J connectivity index is 1.73. The van der Waals surface area contributed by atoms with E-state index in [1.165, 1.54) is 0 Å². The summed E-state index contributed by atoms with van der Waals surface area (Å²) in [5.41, 5.74) is 3.32. The van der Waals surface area contributed by atoms with E-state index >= 15 is 0 Å². The number of hydrogen-bond donors (Lipinski definition) is 1. The SMILES string of the molecule is COc1ccc(C(C)(C)C)cc1NC(=O)c1ccc(SN(C)c2ccccc2OC)cc1. The molecule has 0 bridgehead atoms. The summed E-state index contributed by atoms with van der Waals surface area (Å²) in [5, 5.41) is 2.99. The average Bonchev–Trinajstić information content (AvgIpc) is 2.78. The van der Waals surface area contributed by atoms with Gasteiger partial charge in [0.2, 0.25) is 0 Å². The predicted molar refractivity (Wildman–Crippen MR) is 133 cm³/mol. The molecule has 32 heavy (non-hydrogen) atoms. The Hall–Kier alpha value is -3.12. The molecule has 0 aliphatic rings. The van der Waals surface area contributed by atoms with Crippen LogP contribution in [0.3, 0.4) is 0 Å². The lowest BCUT2D eigenvalue weighted by Crippen LogP contribution is -2.15. The van der Waals surface area contributed by atoms with Crippen LogP contribution in [0.15, 0.2) is 71.6 Å². The fraction of sp³-hybridized carbons (Fsp3) is 0.269. The zero-order chi connectivity index (χ0) is 23.3. The smallest absolute Gasteiger partial charge is 0.255 e. The molecule has 0 aliphatic carbocycles. The van der Waals surface area contributed by atoms with E-state index in [0.29, 0.717) is 17.0 Å². The van der Waals surface area contributed by atoms with Gasteiger partial charge in [0.15, 0.2) is 0 Å². The average molecular weight is 451 g/mol. The van der Waals surface area contributed by atoms with Gasteiger partial charge < -0.3 is 19.1 Å². The first kappa shape index (κ1) is 23.5. The molecule has 1 N–H and O–H groups in total. The van der Waals surface area contributed by atoms with Crippen LogP contribution in [0.25, 0.3) is 0 Å². The van der Waals surface area contributed by atoms with Crippen LogP contribution in [-0.4, -0.2) is 27.2 Å². The lowest BCUT2D eigenvalue weighted by molar-refractivity contribution is 0.102. The van der Waals surface area contributed by atoms with E-state index in [9.17, 15) is 4.79 Å².